The molecule has 0 unspecified atom stereocenters. The highest BCUT2D eigenvalue weighted by Gasteiger charge is 2.39. The highest BCUT2D eigenvalue weighted by molar-refractivity contribution is 6.73. The molecule has 1 aromatic heterocycles. The van der Waals surface area contributed by atoms with E-state index in [1.54, 1.807) is 6.07 Å². The molecule has 0 aromatic carbocycles. The van der Waals surface area contributed by atoms with Gasteiger partial charge in [-0.2, -0.15) is 0 Å². The molecule has 0 bridgehead atoms. The minimum absolute atomic E-state index is 0.136. The molecule has 35 heavy (non-hydrogen) atoms. The van der Waals surface area contributed by atoms with E-state index in [2.05, 4.69) is 35.8 Å². The topological polar surface area (TPSA) is 88.0 Å². The molecule has 2 aliphatic heterocycles. The van der Waals surface area contributed by atoms with Crippen LogP contribution in [0.4, 0.5) is 0 Å². The van der Waals surface area contributed by atoms with Crippen LogP contribution < -0.4 is 5.73 Å². The number of carbonyl (C=O) groups is 1. The van der Waals surface area contributed by atoms with E-state index in [1.807, 2.05) is 25.7 Å². The summed E-state index contributed by atoms with van der Waals surface area (Å²) in [6.07, 6.45) is 5.67. The maximum absolute atomic E-state index is 13.6. The number of halogens is 1. The predicted octanol–water partition coefficient (Wildman–Crippen LogP) is 5.27. The molecule has 196 valence electrons. The molecule has 3 rings (SSSR count). The van der Waals surface area contributed by atoms with Crippen molar-refractivity contribution in [1.29, 1.82) is 0 Å². The van der Waals surface area contributed by atoms with Crippen LogP contribution >= 0.6 is 11.6 Å². The van der Waals surface area contributed by atoms with Gasteiger partial charge in [0.1, 0.15) is 22.2 Å². The summed E-state index contributed by atoms with van der Waals surface area (Å²) < 4.78 is 5.41. The van der Waals surface area contributed by atoms with Crippen LogP contribution in [0.1, 0.15) is 91.0 Å². The van der Waals surface area contributed by atoms with Crippen LogP contribution in [0.5, 0.6) is 0 Å². The standard InChI is InChI=1S/C27H44ClN5O2/c1-7-30-24(28)22(23(29)20-18-21(19(2)3)35-31-20)25(34)33-16-11-27(12-17-33)9-14-32(15-10-27)13-8-26(4,5)6/h18-19H,7-17,29H2,1-6H3/b23-22+,30-24?. The van der Waals surface area contributed by atoms with Crippen molar-refractivity contribution in [2.45, 2.75) is 79.6 Å². The lowest BCUT2D eigenvalue weighted by Crippen LogP contribution is -2.49. The Morgan fingerprint density at radius 2 is 1.80 bits per heavy atom. The fourth-order valence-electron chi connectivity index (χ4n) is 4.94. The van der Waals surface area contributed by atoms with Crippen molar-refractivity contribution >= 4 is 28.4 Å². The van der Waals surface area contributed by atoms with E-state index >= 15 is 0 Å². The van der Waals surface area contributed by atoms with Gasteiger partial charge in [-0.05, 0) is 69.5 Å². The van der Waals surface area contributed by atoms with Crippen LogP contribution in [0, 0.1) is 10.8 Å². The third-order valence-electron chi connectivity index (χ3n) is 7.57. The van der Waals surface area contributed by atoms with Crippen LogP contribution in [-0.4, -0.2) is 65.3 Å². The molecule has 0 saturated carbocycles. The number of hydrogen-bond donors (Lipinski definition) is 1. The number of piperidine rings is 2. The molecule has 1 spiro atoms. The van der Waals surface area contributed by atoms with Crippen LogP contribution in [-0.2, 0) is 4.79 Å². The summed E-state index contributed by atoms with van der Waals surface area (Å²) in [5, 5.41) is 4.22. The van der Waals surface area contributed by atoms with Crippen molar-refractivity contribution in [3.63, 3.8) is 0 Å². The summed E-state index contributed by atoms with van der Waals surface area (Å²) in [6, 6.07) is 1.78. The third kappa shape index (κ3) is 7.10. The SMILES string of the molecule is CCN=C(Cl)/C(C(=O)N1CCC2(CCN(CCC(C)(C)C)CC2)CC1)=C(\N)c1cc(C(C)C)on1. The Labute approximate surface area is 216 Å². The molecule has 0 radical (unpaired) electrons. The van der Waals surface area contributed by atoms with Gasteiger partial charge in [-0.1, -0.05) is 51.4 Å². The maximum atomic E-state index is 13.6. The molecule has 2 N–H and O–H groups in total. The van der Waals surface area contributed by atoms with Crippen molar-refractivity contribution < 1.29 is 9.32 Å². The van der Waals surface area contributed by atoms with Gasteiger partial charge >= 0.3 is 0 Å². The number of hydrogen-bond acceptors (Lipinski definition) is 6. The van der Waals surface area contributed by atoms with Gasteiger partial charge in [0, 0.05) is 31.6 Å². The number of aromatic nitrogens is 1. The lowest BCUT2D eigenvalue weighted by molar-refractivity contribution is -0.129. The van der Waals surface area contributed by atoms with Crippen LogP contribution in [0.2, 0.25) is 0 Å². The van der Waals surface area contributed by atoms with Crippen molar-refractivity contribution in [2.24, 2.45) is 21.6 Å². The van der Waals surface area contributed by atoms with Crippen molar-refractivity contribution in [3.8, 4) is 0 Å². The number of amides is 1. The lowest BCUT2D eigenvalue weighted by atomic mass is 9.71. The molecule has 7 nitrogen and oxygen atoms in total. The zero-order valence-corrected chi connectivity index (χ0v) is 23.2. The molecular formula is C27H44ClN5O2. The molecule has 1 aromatic rings. The summed E-state index contributed by atoms with van der Waals surface area (Å²) >= 11 is 6.50. The van der Waals surface area contributed by atoms with E-state index in [0.29, 0.717) is 41.9 Å². The smallest absolute Gasteiger partial charge is 0.259 e. The first-order chi connectivity index (χ1) is 16.4. The van der Waals surface area contributed by atoms with Crippen LogP contribution in [0.25, 0.3) is 5.70 Å². The van der Waals surface area contributed by atoms with Crippen molar-refractivity contribution in [2.75, 3.05) is 39.3 Å². The number of aliphatic imine (C=N–C) groups is 1. The quantitative estimate of drug-likeness (QED) is 0.403. The first-order valence-electron chi connectivity index (χ1n) is 13.1. The molecule has 2 aliphatic rings. The fourth-order valence-corrected chi connectivity index (χ4v) is 5.24. The molecule has 1 amide bonds. The summed E-state index contributed by atoms with van der Waals surface area (Å²) in [4.78, 5) is 22.4. The van der Waals surface area contributed by atoms with Crippen molar-refractivity contribution in [1.82, 2.24) is 15.0 Å². The molecular weight excluding hydrogens is 462 g/mol. The lowest BCUT2D eigenvalue weighted by Gasteiger charge is -2.47. The normalized spacial score (nSPS) is 20.5. The maximum Gasteiger partial charge on any atom is 0.259 e. The Morgan fingerprint density at radius 1 is 1.20 bits per heavy atom. The summed E-state index contributed by atoms with van der Waals surface area (Å²) in [5.41, 5.74) is 8.03. The Hall–Kier alpha value is -1.86. The Balaban J connectivity index is 1.68. The molecule has 0 aliphatic carbocycles. The van der Waals surface area contributed by atoms with Gasteiger partial charge in [0.15, 0.2) is 0 Å². The van der Waals surface area contributed by atoms with Gasteiger partial charge in [-0.15, -0.1) is 0 Å². The average molecular weight is 506 g/mol. The van der Waals surface area contributed by atoms with Gasteiger partial charge < -0.3 is 20.1 Å². The second-order valence-corrected chi connectivity index (χ2v) is 12.1. The van der Waals surface area contributed by atoms with E-state index in [1.165, 1.54) is 25.8 Å². The van der Waals surface area contributed by atoms with Gasteiger partial charge in [-0.3, -0.25) is 9.79 Å². The highest BCUT2D eigenvalue weighted by atomic mass is 35.5. The zero-order chi connectivity index (χ0) is 25.8. The largest absolute Gasteiger partial charge is 0.396 e. The Morgan fingerprint density at radius 3 is 2.31 bits per heavy atom. The summed E-state index contributed by atoms with van der Waals surface area (Å²) in [5.74, 6) is 0.712. The fraction of sp³-hybridized carbons (Fsp3) is 0.741. The summed E-state index contributed by atoms with van der Waals surface area (Å²) in [7, 11) is 0. The van der Waals surface area contributed by atoms with E-state index in [-0.39, 0.29) is 28.3 Å². The second-order valence-electron chi connectivity index (χ2n) is 11.8. The van der Waals surface area contributed by atoms with Gasteiger partial charge in [0.05, 0.1) is 5.70 Å². The van der Waals surface area contributed by atoms with Crippen LogP contribution in [0.15, 0.2) is 21.2 Å². The Bertz CT molecular complexity index is 926. The number of rotatable bonds is 7. The van der Waals surface area contributed by atoms with Gasteiger partial charge in [0.25, 0.3) is 5.91 Å². The number of carbonyl (C=O) groups excluding carboxylic acids is 1. The molecule has 8 heteroatoms. The monoisotopic (exact) mass is 505 g/mol. The second kappa shape index (κ2) is 11.5. The Kier molecular flexibility index (Phi) is 9.08. The zero-order valence-electron chi connectivity index (χ0n) is 22.5. The minimum Gasteiger partial charge on any atom is -0.396 e. The first kappa shape index (κ1) is 27.7. The van der Waals surface area contributed by atoms with E-state index in [4.69, 9.17) is 21.9 Å². The molecule has 2 saturated heterocycles. The number of nitrogens with two attached hydrogens (primary N) is 1. The minimum atomic E-state index is -0.170. The average Bonchev–Trinajstić information content (AvgIpc) is 3.30. The van der Waals surface area contributed by atoms with Crippen molar-refractivity contribution in [3.05, 3.63) is 23.1 Å². The van der Waals surface area contributed by atoms with E-state index in [0.717, 1.165) is 25.9 Å². The third-order valence-corrected chi connectivity index (χ3v) is 7.87. The number of nitrogens with zero attached hydrogens (tertiary/aromatic N) is 4. The van der Waals surface area contributed by atoms with Gasteiger partial charge in [0.2, 0.25) is 0 Å². The molecule has 2 fully saturated rings. The predicted molar refractivity (Wildman–Crippen MR) is 144 cm³/mol. The summed E-state index contributed by atoms with van der Waals surface area (Å²) in [6.45, 7) is 18.2. The van der Waals surface area contributed by atoms with E-state index < -0.39 is 0 Å². The first-order valence-corrected chi connectivity index (χ1v) is 13.5. The highest BCUT2D eigenvalue weighted by Crippen LogP contribution is 2.42. The van der Waals surface area contributed by atoms with Gasteiger partial charge in [-0.25, -0.2) is 0 Å². The molecule has 0 atom stereocenters. The molecule has 3 heterocycles. The number of likely N-dealkylation sites (tertiary alicyclic amines) is 2. The van der Waals surface area contributed by atoms with Crippen LogP contribution in [0.3, 0.4) is 0 Å². The van der Waals surface area contributed by atoms with E-state index in [9.17, 15) is 4.79 Å².